The predicted molar refractivity (Wildman–Crippen MR) is 73.7 cm³/mol. The number of thiocarbonyl (C=S) groups is 1. The van der Waals surface area contributed by atoms with Gasteiger partial charge in [-0.2, -0.15) is 0 Å². The molecule has 1 fully saturated rings. The molecule has 0 aliphatic carbocycles. The fraction of sp³-hybridized carbons (Fsp3) is 0.455. The summed E-state index contributed by atoms with van der Waals surface area (Å²) < 4.78 is 6.49. The Morgan fingerprint density at radius 3 is 3.18 bits per heavy atom. The van der Waals surface area contributed by atoms with Gasteiger partial charge in [-0.25, -0.2) is 0 Å². The van der Waals surface area contributed by atoms with Crippen LogP contribution in [0.2, 0.25) is 0 Å². The van der Waals surface area contributed by atoms with E-state index in [9.17, 15) is 0 Å². The van der Waals surface area contributed by atoms with Crippen LogP contribution in [0.1, 0.15) is 5.56 Å². The maximum atomic E-state index is 5.61. The van der Waals surface area contributed by atoms with Crippen molar-refractivity contribution < 1.29 is 4.74 Å². The molecule has 92 valence electrons. The molecule has 1 unspecified atom stereocenters. The first-order chi connectivity index (χ1) is 8.15. The fourth-order valence-corrected chi connectivity index (χ4v) is 2.37. The van der Waals surface area contributed by atoms with Crippen molar-refractivity contribution in [1.29, 1.82) is 0 Å². The van der Waals surface area contributed by atoms with Gasteiger partial charge >= 0.3 is 0 Å². The second kappa shape index (κ2) is 5.86. The largest absolute Gasteiger partial charge is 0.391 e. The van der Waals surface area contributed by atoms with Gasteiger partial charge in [0.1, 0.15) is 11.1 Å². The molecular formula is C11H14BrN3OS. The van der Waals surface area contributed by atoms with Crippen LogP contribution in [0.25, 0.3) is 0 Å². The molecule has 1 aromatic rings. The lowest BCUT2D eigenvalue weighted by Gasteiger charge is -2.32. The van der Waals surface area contributed by atoms with E-state index in [0.717, 1.165) is 24.1 Å². The third kappa shape index (κ3) is 3.70. The third-order valence-corrected chi connectivity index (χ3v) is 3.33. The van der Waals surface area contributed by atoms with Crippen LogP contribution in [0.4, 0.5) is 0 Å². The van der Waals surface area contributed by atoms with E-state index in [0.29, 0.717) is 11.6 Å². The minimum absolute atomic E-state index is 0.126. The maximum Gasteiger partial charge on any atom is 0.120 e. The monoisotopic (exact) mass is 315 g/mol. The van der Waals surface area contributed by atoms with E-state index in [1.54, 1.807) is 6.20 Å². The topological polar surface area (TPSA) is 51.4 Å². The first-order valence-corrected chi connectivity index (χ1v) is 6.58. The van der Waals surface area contributed by atoms with Crippen LogP contribution in [0.15, 0.2) is 22.9 Å². The minimum Gasteiger partial charge on any atom is -0.391 e. The highest BCUT2D eigenvalue weighted by Crippen LogP contribution is 2.14. The average molecular weight is 316 g/mol. The Bertz CT molecular complexity index is 415. The number of ether oxygens (including phenoxy) is 1. The van der Waals surface area contributed by atoms with Crippen LogP contribution >= 0.6 is 28.1 Å². The minimum atomic E-state index is -0.126. The molecule has 0 bridgehead atoms. The predicted octanol–water partition coefficient (Wildman–Crippen LogP) is 1.33. The molecule has 2 N–H and O–H groups in total. The van der Waals surface area contributed by atoms with Crippen molar-refractivity contribution in [2.24, 2.45) is 5.73 Å². The van der Waals surface area contributed by atoms with Crippen molar-refractivity contribution in [3.05, 3.63) is 28.5 Å². The van der Waals surface area contributed by atoms with Gasteiger partial charge in [0, 0.05) is 36.5 Å². The number of aromatic nitrogens is 1. The quantitative estimate of drug-likeness (QED) is 0.853. The first-order valence-electron chi connectivity index (χ1n) is 5.38. The van der Waals surface area contributed by atoms with Crippen molar-refractivity contribution >= 4 is 33.1 Å². The molecule has 1 aliphatic heterocycles. The van der Waals surface area contributed by atoms with E-state index in [1.807, 2.05) is 6.20 Å². The molecule has 0 spiro atoms. The Balaban J connectivity index is 1.97. The van der Waals surface area contributed by atoms with Crippen molar-refractivity contribution in [1.82, 2.24) is 9.88 Å². The fourth-order valence-electron chi connectivity index (χ4n) is 1.82. The summed E-state index contributed by atoms with van der Waals surface area (Å²) in [6, 6.07) is 2.07. The van der Waals surface area contributed by atoms with Crippen LogP contribution in [0.3, 0.4) is 0 Å². The molecule has 0 radical (unpaired) electrons. The number of nitrogens with zero attached hydrogens (tertiary/aromatic N) is 2. The van der Waals surface area contributed by atoms with Crippen LogP contribution < -0.4 is 5.73 Å². The second-order valence-corrected chi connectivity index (χ2v) is 5.40. The van der Waals surface area contributed by atoms with Gasteiger partial charge in [0.15, 0.2) is 0 Å². The summed E-state index contributed by atoms with van der Waals surface area (Å²) in [7, 11) is 0. The SMILES string of the molecule is NC(=S)C1CN(Cc2cncc(Br)c2)CCO1. The summed E-state index contributed by atoms with van der Waals surface area (Å²) in [4.78, 5) is 6.86. The zero-order valence-electron chi connectivity index (χ0n) is 9.30. The van der Waals surface area contributed by atoms with Crippen molar-refractivity contribution in [3.8, 4) is 0 Å². The third-order valence-electron chi connectivity index (χ3n) is 2.64. The molecule has 2 rings (SSSR count). The van der Waals surface area contributed by atoms with Gasteiger partial charge in [-0.15, -0.1) is 0 Å². The van der Waals surface area contributed by atoms with Crippen LogP contribution in [0.5, 0.6) is 0 Å². The Hall–Kier alpha value is -0.560. The van der Waals surface area contributed by atoms with E-state index in [-0.39, 0.29) is 6.10 Å². The van der Waals surface area contributed by atoms with Gasteiger partial charge in [-0.3, -0.25) is 9.88 Å². The number of hydrogen-bond acceptors (Lipinski definition) is 4. The lowest BCUT2D eigenvalue weighted by molar-refractivity contribution is 0.00387. The number of nitrogens with two attached hydrogens (primary N) is 1. The highest BCUT2D eigenvalue weighted by Gasteiger charge is 2.22. The van der Waals surface area contributed by atoms with E-state index >= 15 is 0 Å². The Morgan fingerprint density at radius 1 is 1.65 bits per heavy atom. The number of hydrogen-bond donors (Lipinski definition) is 1. The lowest BCUT2D eigenvalue weighted by Crippen LogP contribution is -2.47. The van der Waals surface area contributed by atoms with E-state index in [4.69, 9.17) is 22.7 Å². The molecular weight excluding hydrogens is 302 g/mol. The summed E-state index contributed by atoms with van der Waals surface area (Å²) in [6.45, 7) is 3.16. The average Bonchev–Trinajstić information content (AvgIpc) is 2.29. The molecule has 0 saturated carbocycles. The molecule has 17 heavy (non-hydrogen) atoms. The lowest BCUT2D eigenvalue weighted by atomic mass is 10.2. The van der Waals surface area contributed by atoms with Gasteiger partial charge in [0.25, 0.3) is 0 Å². The Morgan fingerprint density at radius 2 is 2.47 bits per heavy atom. The summed E-state index contributed by atoms with van der Waals surface area (Å²) in [5.74, 6) is 0. The molecule has 2 heterocycles. The van der Waals surface area contributed by atoms with Crippen LogP contribution in [-0.2, 0) is 11.3 Å². The first kappa shape index (κ1) is 12.9. The molecule has 1 saturated heterocycles. The molecule has 6 heteroatoms. The highest BCUT2D eigenvalue weighted by molar-refractivity contribution is 9.10. The number of rotatable bonds is 3. The number of pyridine rings is 1. The highest BCUT2D eigenvalue weighted by atomic mass is 79.9. The normalized spacial score (nSPS) is 21.4. The summed E-state index contributed by atoms with van der Waals surface area (Å²) in [5, 5.41) is 0. The van der Waals surface area contributed by atoms with Crippen LogP contribution in [0, 0.1) is 0 Å². The molecule has 0 amide bonds. The van der Waals surface area contributed by atoms with Gasteiger partial charge < -0.3 is 10.5 Å². The van der Waals surface area contributed by atoms with E-state index < -0.39 is 0 Å². The molecule has 0 aromatic carbocycles. The Kier molecular flexibility index (Phi) is 4.44. The van der Waals surface area contributed by atoms with Gasteiger partial charge in [-0.05, 0) is 27.6 Å². The maximum absolute atomic E-state index is 5.61. The summed E-state index contributed by atoms with van der Waals surface area (Å²) in [6.07, 6.45) is 3.52. The number of morpholine rings is 1. The zero-order chi connectivity index (χ0) is 12.3. The molecule has 1 aromatic heterocycles. The second-order valence-electron chi connectivity index (χ2n) is 4.01. The van der Waals surface area contributed by atoms with Gasteiger partial charge in [0.2, 0.25) is 0 Å². The van der Waals surface area contributed by atoms with E-state index in [2.05, 4.69) is 31.9 Å². The van der Waals surface area contributed by atoms with Crippen molar-refractivity contribution in [3.63, 3.8) is 0 Å². The molecule has 4 nitrogen and oxygen atoms in total. The Labute approximate surface area is 114 Å². The van der Waals surface area contributed by atoms with Crippen LogP contribution in [-0.4, -0.2) is 40.7 Å². The van der Waals surface area contributed by atoms with Crippen molar-refractivity contribution in [2.45, 2.75) is 12.6 Å². The molecule has 1 atom stereocenters. The standard InChI is InChI=1S/C11H14BrN3OS/c12-9-3-8(4-14-5-9)6-15-1-2-16-10(7-15)11(13)17/h3-5,10H,1-2,6-7H2,(H2,13,17). The smallest absolute Gasteiger partial charge is 0.120 e. The number of halogens is 1. The summed E-state index contributed by atoms with van der Waals surface area (Å²) in [5.41, 5.74) is 6.78. The zero-order valence-corrected chi connectivity index (χ0v) is 11.7. The summed E-state index contributed by atoms with van der Waals surface area (Å²) >= 11 is 8.38. The van der Waals surface area contributed by atoms with Crippen molar-refractivity contribution in [2.75, 3.05) is 19.7 Å². The van der Waals surface area contributed by atoms with Gasteiger partial charge in [-0.1, -0.05) is 12.2 Å². The molecule has 1 aliphatic rings. The van der Waals surface area contributed by atoms with Gasteiger partial charge in [0.05, 0.1) is 6.61 Å². The van der Waals surface area contributed by atoms with E-state index in [1.165, 1.54) is 5.56 Å².